The van der Waals surface area contributed by atoms with E-state index in [1.54, 1.807) is 12.1 Å². The van der Waals surface area contributed by atoms with E-state index in [-0.39, 0.29) is 12.3 Å². The number of amides is 1. The number of carbonyl (C=O) groups excluding carboxylic acids is 1. The number of nitrogens with two attached hydrogens (primary N) is 1. The summed E-state index contributed by atoms with van der Waals surface area (Å²) in [7, 11) is 0. The van der Waals surface area contributed by atoms with Crippen LogP contribution in [0, 0.1) is 0 Å². The molecule has 0 aromatic heterocycles. The Kier molecular flexibility index (Phi) is 6.29. The summed E-state index contributed by atoms with van der Waals surface area (Å²) in [4.78, 5) is 22.6. The van der Waals surface area contributed by atoms with Crippen LogP contribution in [0.1, 0.15) is 24.8 Å². The van der Waals surface area contributed by atoms with Crippen molar-refractivity contribution in [3.8, 4) is 0 Å². The number of nitrogens with one attached hydrogen (secondary N) is 1. The highest BCUT2D eigenvalue weighted by Gasteiger charge is 2.17. The number of para-hydroxylation sites is 1. The topological polar surface area (TPSA) is 92.4 Å². The number of benzene rings is 1. The third-order valence-electron chi connectivity index (χ3n) is 2.88. The molecule has 0 saturated carbocycles. The fourth-order valence-electron chi connectivity index (χ4n) is 1.90. The molecular weight excluding hydrogens is 256 g/mol. The maximum absolute atomic E-state index is 11.7. The van der Waals surface area contributed by atoms with Gasteiger partial charge in [0.15, 0.2) is 0 Å². The molecule has 5 nitrogen and oxygen atoms in total. The average molecular weight is 276 g/mol. The number of nitrogen functional groups attached to an aromatic ring is 1. The zero-order valence-electron chi connectivity index (χ0n) is 11.3. The lowest BCUT2D eigenvalue weighted by Crippen LogP contribution is -2.38. The standard InChI is InChI=1S/C15H20N2O3/c1-2-3-8-14(18)17-12(10-15(19)20)9-11-6-4-5-7-13(11)16/h2,4-7,12H,1,3,8-10,16H2,(H,17,18)(H,19,20)/t12-/m0/s1. The van der Waals surface area contributed by atoms with E-state index < -0.39 is 12.0 Å². The zero-order valence-corrected chi connectivity index (χ0v) is 11.3. The average Bonchev–Trinajstić information content (AvgIpc) is 2.38. The molecule has 1 rings (SSSR count). The summed E-state index contributed by atoms with van der Waals surface area (Å²) >= 11 is 0. The molecule has 108 valence electrons. The molecule has 0 fully saturated rings. The van der Waals surface area contributed by atoms with Gasteiger partial charge in [-0.05, 0) is 24.5 Å². The van der Waals surface area contributed by atoms with E-state index in [1.807, 2.05) is 18.2 Å². The maximum Gasteiger partial charge on any atom is 0.305 e. The lowest BCUT2D eigenvalue weighted by molar-refractivity contribution is -0.137. The van der Waals surface area contributed by atoms with Gasteiger partial charge in [-0.15, -0.1) is 6.58 Å². The second-order valence-corrected chi connectivity index (χ2v) is 4.59. The molecule has 1 aromatic carbocycles. The molecule has 0 bridgehead atoms. The summed E-state index contributed by atoms with van der Waals surface area (Å²) in [5.74, 6) is -1.13. The van der Waals surface area contributed by atoms with Crippen molar-refractivity contribution in [2.45, 2.75) is 31.7 Å². The fraction of sp³-hybridized carbons (Fsp3) is 0.333. The van der Waals surface area contributed by atoms with E-state index in [1.165, 1.54) is 0 Å². The van der Waals surface area contributed by atoms with Crippen LogP contribution >= 0.6 is 0 Å². The van der Waals surface area contributed by atoms with Gasteiger partial charge in [-0.1, -0.05) is 24.3 Å². The van der Waals surface area contributed by atoms with Crippen molar-refractivity contribution in [3.05, 3.63) is 42.5 Å². The second kappa shape index (κ2) is 7.99. The van der Waals surface area contributed by atoms with Crippen molar-refractivity contribution in [3.63, 3.8) is 0 Å². The summed E-state index contributed by atoms with van der Waals surface area (Å²) in [6, 6.07) is 6.78. The number of allylic oxidation sites excluding steroid dienone is 1. The Bertz CT molecular complexity index is 486. The first-order valence-corrected chi connectivity index (χ1v) is 6.48. The number of carboxylic acid groups (broad SMARTS) is 1. The number of aliphatic carboxylic acids is 1. The largest absolute Gasteiger partial charge is 0.481 e. The van der Waals surface area contributed by atoms with Crippen LogP contribution in [0.2, 0.25) is 0 Å². The highest BCUT2D eigenvalue weighted by atomic mass is 16.4. The second-order valence-electron chi connectivity index (χ2n) is 4.59. The van der Waals surface area contributed by atoms with Crippen LogP contribution in [0.3, 0.4) is 0 Å². The smallest absolute Gasteiger partial charge is 0.305 e. The van der Waals surface area contributed by atoms with Crippen LogP contribution in [0.5, 0.6) is 0 Å². The van der Waals surface area contributed by atoms with Gasteiger partial charge in [0.05, 0.1) is 6.42 Å². The van der Waals surface area contributed by atoms with Crippen LogP contribution in [0.4, 0.5) is 5.69 Å². The first-order valence-electron chi connectivity index (χ1n) is 6.48. The van der Waals surface area contributed by atoms with Crippen molar-refractivity contribution < 1.29 is 14.7 Å². The van der Waals surface area contributed by atoms with E-state index in [0.717, 1.165) is 5.56 Å². The molecule has 0 radical (unpaired) electrons. The molecule has 0 aliphatic heterocycles. The highest BCUT2D eigenvalue weighted by Crippen LogP contribution is 2.14. The molecule has 1 amide bonds. The number of hydrogen-bond acceptors (Lipinski definition) is 3. The van der Waals surface area contributed by atoms with Crippen LogP contribution in [0.25, 0.3) is 0 Å². The van der Waals surface area contributed by atoms with E-state index in [9.17, 15) is 9.59 Å². The monoisotopic (exact) mass is 276 g/mol. The molecule has 1 atom stereocenters. The van der Waals surface area contributed by atoms with Gasteiger partial charge < -0.3 is 16.2 Å². The predicted octanol–water partition coefficient (Wildman–Crippen LogP) is 1.74. The van der Waals surface area contributed by atoms with E-state index in [0.29, 0.717) is 24.9 Å². The minimum atomic E-state index is -0.950. The molecule has 0 aliphatic rings. The van der Waals surface area contributed by atoms with Gasteiger partial charge in [0.1, 0.15) is 0 Å². The van der Waals surface area contributed by atoms with Crippen LogP contribution in [-0.2, 0) is 16.0 Å². The van der Waals surface area contributed by atoms with E-state index in [4.69, 9.17) is 10.8 Å². The molecule has 0 saturated heterocycles. The van der Waals surface area contributed by atoms with Crippen LogP contribution in [0.15, 0.2) is 36.9 Å². The van der Waals surface area contributed by atoms with E-state index >= 15 is 0 Å². The first-order chi connectivity index (χ1) is 9.52. The normalized spacial score (nSPS) is 11.6. The SMILES string of the molecule is C=CCCC(=O)N[C@H](CC(=O)O)Cc1ccccc1N. The number of carbonyl (C=O) groups is 2. The van der Waals surface area contributed by atoms with E-state index in [2.05, 4.69) is 11.9 Å². The lowest BCUT2D eigenvalue weighted by Gasteiger charge is -2.18. The van der Waals surface area contributed by atoms with Crippen molar-refractivity contribution in [1.82, 2.24) is 5.32 Å². The molecule has 0 aliphatic carbocycles. The number of carboxylic acids is 1. The predicted molar refractivity (Wildman–Crippen MR) is 78.2 cm³/mol. The number of anilines is 1. The van der Waals surface area contributed by atoms with Gasteiger partial charge in [-0.3, -0.25) is 9.59 Å². The minimum absolute atomic E-state index is 0.131. The summed E-state index contributed by atoms with van der Waals surface area (Å²) in [6.07, 6.45) is 2.80. The van der Waals surface area contributed by atoms with Crippen LogP contribution < -0.4 is 11.1 Å². The van der Waals surface area contributed by atoms with Crippen LogP contribution in [-0.4, -0.2) is 23.0 Å². The van der Waals surface area contributed by atoms with Crippen molar-refractivity contribution in [1.29, 1.82) is 0 Å². The maximum atomic E-state index is 11.7. The molecular formula is C15H20N2O3. The number of rotatable bonds is 8. The van der Waals surface area contributed by atoms with Gasteiger partial charge in [0, 0.05) is 18.2 Å². The Balaban J connectivity index is 2.69. The van der Waals surface area contributed by atoms with Crippen molar-refractivity contribution >= 4 is 17.6 Å². The minimum Gasteiger partial charge on any atom is -0.481 e. The third kappa shape index (κ3) is 5.56. The highest BCUT2D eigenvalue weighted by molar-refractivity contribution is 5.77. The zero-order chi connectivity index (χ0) is 15.0. The summed E-state index contributed by atoms with van der Waals surface area (Å²) in [5, 5.41) is 11.7. The van der Waals surface area contributed by atoms with Gasteiger partial charge >= 0.3 is 5.97 Å². The third-order valence-corrected chi connectivity index (χ3v) is 2.88. The van der Waals surface area contributed by atoms with Gasteiger partial charge in [-0.2, -0.15) is 0 Å². The quantitative estimate of drug-likeness (QED) is 0.498. The Morgan fingerprint density at radius 3 is 2.70 bits per heavy atom. The van der Waals surface area contributed by atoms with Crippen molar-refractivity contribution in [2.24, 2.45) is 0 Å². The molecule has 0 unspecified atom stereocenters. The Morgan fingerprint density at radius 1 is 1.40 bits per heavy atom. The van der Waals surface area contributed by atoms with Gasteiger partial charge in [0.2, 0.25) is 5.91 Å². The molecule has 1 aromatic rings. The summed E-state index contributed by atoms with van der Waals surface area (Å²) in [5.41, 5.74) is 7.27. The summed E-state index contributed by atoms with van der Waals surface area (Å²) < 4.78 is 0. The molecule has 4 N–H and O–H groups in total. The Morgan fingerprint density at radius 2 is 2.10 bits per heavy atom. The lowest BCUT2D eigenvalue weighted by atomic mass is 10.0. The Hall–Kier alpha value is -2.30. The van der Waals surface area contributed by atoms with Crippen molar-refractivity contribution in [2.75, 3.05) is 5.73 Å². The first kappa shape index (κ1) is 15.8. The summed E-state index contributed by atoms with van der Waals surface area (Å²) in [6.45, 7) is 3.55. The molecule has 0 spiro atoms. The number of hydrogen-bond donors (Lipinski definition) is 3. The fourth-order valence-corrected chi connectivity index (χ4v) is 1.90. The van der Waals surface area contributed by atoms with Gasteiger partial charge in [0.25, 0.3) is 0 Å². The molecule has 20 heavy (non-hydrogen) atoms. The molecule has 5 heteroatoms. The van der Waals surface area contributed by atoms with Gasteiger partial charge in [-0.25, -0.2) is 0 Å². The Labute approximate surface area is 118 Å². The molecule has 0 heterocycles.